The van der Waals surface area contributed by atoms with E-state index in [9.17, 15) is 9.90 Å². The number of hydrogen-bond donors (Lipinski definition) is 2. The number of amidine groups is 1. The molecular weight excluding hydrogens is 386 g/mol. The second-order valence-corrected chi connectivity index (χ2v) is 8.58. The first-order valence-electron chi connectivity index (χ1n) is 9.90. The number of carbonyl (C=O) groups excluding carboxylic acids is 1. The Balaban J connectivity index is 1.91. The van der Waals surface area contributed by atoms with Crippen molar-refractivity contribution < 1.29 is 14.5 Å². The maximum atomic E-state index is 13.5. The maximum Gasteiger partial charge on any atom is 0.341 e. The van der Waals surface area contributed by atoms with Crippen LogP contribution >= 0.6 is 11.8 Å². The largest absolute Gasteiger partial charge is 0.392 e. The number of benzene rings is 1. The van der Waals surface area contributed by atoms with Crippen LogP contribution in [0.3, 0.4) is 0 Å². The number of fused-ring (bicyclic) bond motifs is 6. The summed E-state index contributed by atoms with van der Waals surface area (Å²) in [4.78, 5) is 24.2. The summed E-state index contributed by atoms with van der Waals surface area (Å²) in [6.07, 6.45) is 1.78. The predicted molar refractivity (Wildman–Crippen MR) is 114 cm³/mol. The summed E-state index contributed by atoms with van der Waals surface area (Å²) in [7, 11) is 0. The Morgan fingerprint density at radius 2 is 2.00 bits per heavy atom. The molecule has 1 fully saturated rings. The Morgan fingerprint density at radius 1 is 1.21 bits per heavy atom. The van der Waals surface area contributed by atoms with Gasteiger partial charge in [-0.15, -0.1) is 11.8 Å². The zero-order valence-electron chi connectivity index (χ0n) is 16.8. The number of nitrogens with zero attached hydrogens (tertiary/aromatic N) is 4. The number of hydrogen-bond acceptors (Lipinski definition) is 6. The van der Waals surface area contributed by atoms with Crippen LogP contribution < -0.4 is 5.73 Å². The number of rotatable bonds is 2. The Labute approximate surface area is 174 Å². The van der Waals surface area contributed by atoms with Gasteiger partial charge in [-0.3, -0.25) is 4.58 Å². The maximum absolute atomic E-state index is 13.5. The Bertz CT molecular complexity index is 1000. The molecule has 29 heavy (non-hydrogen) atoms. The number of amides is 1. The molecule has 0 radical (unpaired) electrons. The molecule has 0 atom stereocenters. The Kier molecular flexibility index (Phi) is 5.56. The molecule has 0 unspecified atom stereocenters. The highest BCUT2D eigenvalue weighted by Crippen LogP contribution is 2.30. The van der Waals surface area contributed by atoms with E-state index >= 15 is 0 Å². The molecule has 152 valence electrons. The number of carbonyl (C=O) groups is 1. The second-order valence-electron chi connectivity index (χ2n) is 7.47. The van der Waals surface area contributed by atoms with E-state index < -0.39 is 0 Å². The predicted octanol–water partition coefficient (Wildman–Crippen LogP) is 2.09. The number of nitrogen functional groups attached to an aromatic ring is 1. The van der Waals surface area contributed by atoms with Crippen molar-refractivity contribution in [2.24, 2.45) is 0 Å². The van der Waals surface area contributed by atoms with Crippen molar-refractivity contribution in [3.63, 3.8) is 0 Å². The van der Waals surface area contributed by atoms with Crippen molar-refractivity contribution in [1.82, 2.24) is 14.9 Å². The van der Waals surface area contributed by atoms with Crippen molar-refractivity contribution in [1.29, 1.82) is 0 Å². The molecule has 7 nitrogen and oxygen atoms in total. The number of anilines is 1. The summed E-state index contributed by atoms with van der Waals surface area (Å²) in [6.45, 7) is 5.98. The van der Waals surface area contributed by atoms with Gasteiger partial charge in [-0.25, -0.2) is 14.8 Å². The third-order valence-corrected chi connectivity index (χ3v) is 6.37. The number of β-amino-alcohol motifs (C(OH)–C–C–N with tert-alkyl or cyclic N) is 1. The van der Waals surface area contributed by atoms with E-state index in [1.165, 1.54) is 0 Å². The summed E-state index contributed by atoms with van der Waals surface area (Å²) in [6, 6.07) is 5.91. The highest BCUT2D eigenvalue weighted by Gasteiger charge is 2.36. The van der Waals surface area contributed by atoms with Crippen molar-refractivity contribution in [2.45, 2.75) is 31.7 Å². The molecule has 0 saturated carbocycles. The van der Waals surface area contributed by atoms with E-state index in [0.29, 0.717) is 18.7 Å². The van der Waals surface area contributed by atoms with E-state index in [1.54, 1.807) is 11.8 Å². The summed E-state index contributed by atoms with van der Waals surface area (Å²) in [5, 5.41) is 10.4. The molecule has 2 aromatic rings. The third kappa shape index (κ3) is 3.86. The van der Waals surface area contributed by atoms with Crippen molar-refractivity contribution in [3.05, 3.63) is 34.9 Å². The summed E-state index contributed by atoms with van der Waals surface area (Å²) >= 11 is 1.61. The van der Waals surface area contributed by atoms with Crippen LogP contribution in [0.4, 0.5) is 5.95 Å². The van der Waals surface area contributed by atoms with E-state index in [4.69, 9.17) is 5.73 Å². The van der Waals surface area contributed by atoms with Gasteiger partial charge in [0.2, 0.25) is 5.95 Å². The molecule has 0 aliphatic carbocycles. The first-order chi connectivity index (χ1) is 14.0. The Hall–Kier alpha value is -2.45. The fourth-order valence-corrected chi connectivity index (χ4v) is 4.99. The smallest absolute Gasteiger partial charge is 0.341 e. The van der Waals surface area contributed by atoms with Crippen LogP contribution in [0.1, 0.15) is 34.3 Å². The van der Waals surface area contributed by atoms with E-state index in [0.717, 1.165) is 58.4 Å². The standard InChI is InChI=1S/C21H26N5O2S/c1-13-10-14(2)16-11-15(13)17-12-18(24-21(22)23-17)29-9-7-25(6-8-27)19-4-3-5-26(19)20(16)28/h10-12,27H,3-9H2,1-2H3,(H2,22,23,24)/q+1. The minimum atomic E-state index is 0.00772. The molecule has 0 spiro atoms. The summed E-state index contributed by atoms with van der Waals surface area (Å²) in [5.41, 5.74) is 10.3. The van der Waals surface area contributed by atoms with Crippen LogP contribution in [0.25, 0.3) is 11.3 Å². The van der Waals surface area contributed by atoms with Crippen molar-refractivity contribution in [3.8, 4) is 11.3 Å². The highest BCUT2D eigenvalue weighted by atomic mass is 32.2. The van der Waals surface area contributed by atoms with Crippen LogP contribution in [0, 0.1) is 13.8 Å². The van der Waals surface area contributed by atoms with Crippen LogP contribution in [-0.4, -0.2) is 68.3 Å². The molecule has 2 aliphatic heterocycles. The number of thioether (sulfide) groups is 1. The van der Waals surface area contributed by atoms with Gasteiger partial charge in [-0.2, -0.15) is 4.90 Å². The topological polar surface area (TPSA) is 95.3 Å². The van der Waals surface area contributed by atoms with Crippen LogP contribution in [-0.2, 0) is 0 Å². The monoisotopic (exact) mass is 412 g/mol. The Morgan fingerprint density at radius 3 is 2.79 bits per heavy atom. The molecule has 1 amide bonds. The normalized spacial score (nSPS) is 16.9. The zero-order valence-corrected chi connectivity index (χ0v) is 17.6. The molecule has 1 aromatic carbocycles. The summed E-state index contributed by atoms with van der Waals surface area (Å²) in [5.74, 6) is 2.02. The molecule has 4 rings (SSSR count). The van der Waals surface area contributed by atoms with Gasteiger partial charge >= 0.3 is 5.91 Å². The second kappa shape index (κ2) is 8.12. The summed E-state index contributed by atoms with van der Waals surface area (Å²) < 4.78 is 2.13. The van der Waals surface area contributed by atoms with Crippen molar-refractivity contribution in [2.75, 3.05) is 37.7 Å². The lowest BCUT2D eigenvalue weighted by Gasteiger charge is -2.17. The van der Waals surface area contributed by atoms with Crippen molar-refractivity contribution >= 4 is 29.5 Å². The zero-order chi connectivity index (χ0) is 20.5. The van der Waals surface area contributed by atoms with Gasteiger partial charge in [0.1, 0.15) is 11.6 Å². The van der Waals surface area contributed by atoms with Gasteiger partial charge in [0.05, 0.1) is 37.4 Å². The molecular formula is C21H26N5O2S+. The first kappa shape index (κ1) is 19.8. The van der Waals surface area contributed by atoms with Gasteiger partial charge in [-0.05, 0) is 43.5 Å². The minimum Gasteiger partial charge on any atom is -0.392 e. The molecule has 3 heterocycles. The average molecular weight is 413 g/mol. The third-order valence-electron chi connectivity index (χ3n) is 5.48. The van der Waals surface area contributed by atoms with E-state index in [1.807, 2.05) is 36.9 Å². The molecule has 8 heteroatoms. The minimum absolute atomic E-state index is 0.00772. The van der Waals surface area contributed by atoms with Gasteiger partial charge in [0.25, 0.3) is 5.84 Å². The number of aryl methyl sites for hydroxylation is 2. The molecule has 2 aliphatic rings. The molecule has 4 bridgehead atoms. The number of aromatic nitrogens is 2. The van der Waals surface area contributed by atoms with Gasteiger partial charge in [-0.1, -0.05) is 6.07 Å². The lowest BCUT2D eigenvalue weighted by molar-refractivity contribution is -0.530. The van der Waals surface area contributed by atoms with E-state index in [-0.39, 0.29) is 18.5 Å². The number of aliphatic hydroxyl groups excluding tert-OH is 1. The highest BCUT2D eigenvalue weighted by molar-refractivity contribution is 7.99. The van der Waals surface area contributed by atoms with E-state index in [2.05, 4.69) is 14.5 Å². The lowest BCUT2D eigenvalue weighted by Crippen LogP contribution is -2.40. The quantitative estimate of drug-likeness (QED) is 0.579. The number of nitrogens with two attached hydrogens (primary N) is 1. The molecule has 1 saturated heterocycles. The fourth-order valence-electron chi connectivity index (χ4n) is 4.12. The van der Waals surface area contributed by atoms with Gasteiger partial charge in [0.15, 0.2) is 0 Å². The van der Waals surface area contributed by atoms with Gasteiger partial charge < -0.3 is 10.8 Å². The first-order valence-corrected chi connectivity index (χ1v) is 10.9. The fraction of sp³-hybridized carbons (Fsp3) is 0.429. The van der Waals surface area contributed by atoms with Crippen LogP contribution in [0.15, 0.2) is 23.2 Å². The average Bonchev–Trinajstić information content (AvgIpc) is 3.15. The SMILES string of the molecule is Cc1cc(C)c2cc1C(=O)N1CCCC1=[N+](CCO)CCSc1cc-2nc(N)n1. The van der Waals surface area contributed by atoms with Crippen LogP contribution in [0.2, 0.25) is 0 Å². The molecule has 3 N–H and O–H groups in total. The number of aliphatic hydroxyl groups is 1. The molecule has 1 aromatic heterocycles. The van der Waals surface area contributed by atoms with Crippen LogP contribution in [0.5, 0.6) is 0 Å². The van der Waals surface area contributed by atoms with Gasteiger partial charge in [0, 0.05) is 11.3 Å². The lowest BCUT2D eigenvalue weighted by atomic mass is 9.97.